The van der Waals surface area contributed by atoms with Crippen molar-refractivity contribution in [1.82, 2.24) is 10.9 Å². The van der Waals surface area contributed by atoms with Gasteiger partial charge in [-0.3, -0.25) is 25.2 Å². The Balaban J connectivity index is 1.68. The van der Waals surface area contributed by atoms with Crippen molar-refractivity contribution >= 4 is 33.7 Å². The predicted octanol–water partition coefficient (Wildman–Crippen LogP) is 2.11. The van der Waals surface area contributed by atoms with Crippen LogP contribution in [0.15, 0.2) is 40.9 Å². The summed E-state index contributed by atoms with van der Waals surface area (Å²) in [7, 11) is 0. The van der Waals surface area contributed by atoms with E-state index in [1.54, 1.807) is 24.3 Å². The number of esters is 1. The highest BCUT2D eigenvalue weighted by Gasteiger charge is 2.16. The third kappa shape index (κ3) is 5.52. The van der Waals surface area contributed by atoms with E-state index in [-0.39, 0.29) is 12.3 Å². The largest absolute Gasteiger partial charge is 0.455 e. The molecule has 0 spiro atoms. The van der Waals surface area contributed by atoms with E-state index in [9.17, 15) is 14.4 Å². The molecule has 0 saturated carbocycles. The molecule has 6 nitrogen and oxygen atoms in total. The Morgan fingerprint density at radius 2 is 2.00 bits per heavy atom. The minimum absolute atomic E-state index is 0.195. The molecule has 23 heavy (non-hydrogen) atoms. The third-order valence-corrected chi connectivity index (χ3v) is 4.03. The van der Waals surface area contributed by atoms with Gasteiger partial charge in [0.25, 0.3) is 11.8 Å². The standard InChI is InChI=1S/C16H17BrN2O4/c17-13-8-4-3-7-12(13)16(22)19-18-14(20)10-23-15(21)9-11-5-1-2-6-11/h1,3-5,7-8,11H,2,6,9-10H2,(H,18,20)(H,19,22)/t11-/m1/s1. The highest BCUT2D eigenvalue weighted by atomic mass is 79.9. The molecular formula is C16H17BrN2O4. The fourth-order valence-corrected chi connectivity index (χ4v) is 2.62. The number of amides is 2. The topological polar surface area (TPSA) is 84.5 Å². The van der Waals surface area contributed by atoms with Gasteiger partial charge in [0, 0.05) is 4.47 Å². The summed E-state index contributed by atoms with van der Waals surface area (Å²) in [4.78, 5) is 35.0. The van der Waals surface area contributed by atoms with Crippen LogP contribution in [0.25, 0.3) is 0 Å². The summed E-state index contributed by atoms with van der Waals surface area (Å²) in [5.74, 6) is -1.29. The number of hydrogen-bond acceptors (Lipinski definition) is 4. The number of hydrogen-bond donors (Lipinski definition) is 2. The zero-order valence-corrected chi connectivity index (χ0v) is 14.0. The second-order valence-electron chi connectivity index (χ2n) is 5.11. The van der Waals surface area contributed by atoms with Crippen molar-refractivity contribution in [2.45, 2.75) is 19.3 Å². The quantitative estimate of drug-likeness (QED) is 0.465. The lowest BCUT2D eigenvalue weighted by Crippen LogP contribution is -2.43. The number of nitrogens with one attached hydrogen (secondary N) is 2. The molecule has 0 heterocycles. The summed E-state index contributed by atoms with van der Waals surface area (Å²) in [5, 5.41) is 0. The summed E-state index contributed by atoms with van der Waals surface area (Å²) in [6.45, 7) is -0.425. The van der Waals surface area contributed by atoms with Gasteiger partial charge in [0.1, 0.15) is 0 Å². The maximum atomic E-state index is 11.9. The molecule has 1 aromatic rings. The summed E-state index contributed by atoms with van der Waals surface area (Å²) in [6, 6.07) is 6.82. The van der Waals surface area contributed by atoms with Gasteiger partial charge in [-0.05, 0) is 46.8 Å². The first-order valence-electron chi connectivity index (χ1n) is 7.22. The predicted molar refractivity (Wildman–Crippen MR) is 87.2 cm³/mol. The molecule has 1 atom stereocenters. The fourth-order valence-electron chi connectivity index (χ4n) is 2.16. The molecule has 0 aliphatic heterocycles. The lowest BCUT2D eigenvalue weighted by atomic mass is 10.1. The summed E-state index contributed by atoms with van der Waals surface area (Å²) >= 11 is 3.25. The minimum atomic E-state index is -0.597. The molecule has 122 valence electrons. The molecule has 2 N–H and O–H groups in total. The maximum absolute atomic E-state index is 11.9. The Bertz CT molecular complexity index is 630. The van der Waals surface area contributed by atoms with Gasteiger partial charge in [-0.15, -0.1) is 0 Å². The first-order valence-corrected chi connectivity index (χ1v) is 8.01. The average molecular weight is 381 g/mol. The van der Waals surface area contributed by atoms with Crippen LogP contribution in [-0.4, -0.2) is 24.4 Å². The van der Waals surface area contributed by atoms with E-state index < -0.39 is 24.4 Å². The van der Waals surface area contributed by atoms with E-state index in [1.165, 1.54) is 0 Å². The van der Waals surface area contributed by atoms with E-state index in [4.69, 9.17) is 4.74 Å². The number of hydrazine groups is 1. The van der Waals surface area contributed by atoms with Crippen LogP contribution in [0, 0.1) is 5.92 Å². The monoisotopic (exact) mass is 380 g/mol. The molecule has 0 fully saturated rings. The van der Waals surface area contributed by atoms with E-state index >= 15 is 0 Å². The molecule has 0 saturated heterocycles. The Kier molecular flexibility index (Phi) is 6.34. The minimum Gasteiger partial charge on any atom is -0.455 e. The number of carbonyl (C=O) groups is 3. The Labute approximate surface area is 142 Å². The van der Waals surface area contributed by atoms with Crippen molar-refractivity contribution in [2.24, 2.45) is 5.92 Å². The van der Waals surface area contributed by atoms with Crippen molar-refractivity contribution in [3.05, 3.63) is 46.5 Å². The van der Waals surface area contributed by atoms with E-state index in [0.29, 0.717) is 10.0 Å². The average Bonchev–Trinajstić information content (AvgIpc) is 3.04. The molecule has 0 aromatic heterocycles. The van der Waals surface area contributed by atoms with Gasteiger partial charge in [0.05, 0.1) is 12.0 Å². The van der Waals surface area contributed by atoms with Crippen LogP contribution in [0.4, 0.5) is 0 Å². The van der Waals surface area contributed by atoms with Crippen molar-refractivity contribution < 1.29 is 19.1 Å². The van der Waals surface area contributed by atoms with Crippen LogP contribution < -0.4 is 10.9 Å². The number of benzene rings is 1. The molecule has 0 bridgehead atoms. The van der Waals surface area contributed by atoms with E-state index in [0.717, 1.165) is 12.8 Å². The number of halogens is 1. The molecule has 1 aliphatic rings. The van der Waals surface area contributed by atoms with Gasteiger partial charge in [-0.25, -0.2) is 0 Å². The van der Waals surface area contributed by atoms with Crippen LogP contribution in [-0.2, 0) is 14.3 Å². The number of ether oxygens (including phenoxy) is 1. The zero-order chi connectivity index (χ0) is 16.7. The second kappa shape index (κ2) is 8.47. The van der Waals surface area contributed by atoms with E-state index in [1.807, 2.05) is 12.2 Å². The van der Waals surface area contributed by atoms with Gasteiger partial charge in [-0.2, -0.15) is 0 Å². The first-order chi connectivity index (χ1) is 11.1. The van der Waals surface area contributed by atoms with Crippen LogP contribution >= 0.6 is 15.9 Å². The lowest BCUT2D eigenvalue weighted by molar-refractivity contribution is -0.149. The van der Waals surface area contributed by atoms with Gasteiger partial charge < -0.3 is 4.74 Å². The smallest absolute Gasteiger partial charge is 0.306 e. The molecule has 7 heteroatoms. The number of rotatable bonds is 5. The van der Waals surface area contributed by atoms with Crippen molar-refractivity contribution in [3.63, 3.8) is 0 Å². The van der Waals surface area contributed by atoms with Crippen LogP contribution in [0.1, 0.15) is 29.6 Å². The lowest BCUT2D eigenvalue weighted by Gasteiger charge is -2.10. The summed E-state index contributed by atoms with van der Waals surface area (Å²) in [5.41, 5.74) is 4.86. The second-order valence-corrected chi connectivity index (χ2v) is 5.97. The molecule has 1 aromatic carbocycles. The van der Waals surface area contributed by atoms with Crippen LogP contribution in [0.5, 0.6) is 0 Å². The summed E-state index contributed by atoms with van der Waals surface area (Å²) in [6.07, 6.45) is 6.19. The number of carbonyl (C=O) groups excluding carboxylic acids is 3. The van der Waals surface area contributed by atoms with Crippen molar-refractivity contribution in [3.8, 4) is 0 Å². The Hall–Kier alpha value is -2.15. The fraction of sp³-hybridized carbons (Fsp3) is 0.312. The van der Waals surface area contributed by atoms with E-state index in [2.05, 4.69) is 26.8 Å². The zero-order valence-electron chi connectivity index (χ0n) is 12.4. The third-order valence-electron chi connectivity index (χ3n) is 3.34. The Morgan fingerprint density at radius 3 is 2.70 bits per heavy atom. The molecule has 2 amide bonds. The normalized spacial score (nSPS) is 16.0. The van der Waals surface area contributed by atoms with Gasteiger partial charge in [0.15, 0.2) is 6.61 Å². The van der Waals surface area contributed by atoms with Crippen LogP contribution in [0.2, 0.25) is 0 Å². The van der Waals surface area contributed by atoms with Gasteiger partial charge in [0.2, 0.25) is 0 Å². The van der Waals surface area contributed by atoms with Gasteiger partial charge >= 0.3 is 5.97 Å². The SMILES string of the molecule is O=C(COC(=O)C[C@@H]1C=CCC1)NNC(=O)c1ccccc1Br. The van der Waals surface area contributed by atoms with Crippen LogP contribution in [0.3, 0.4) is 0 Å². The highest BCUT2D eigenvalue weighted by Crippen LogP contribution is 2.20. The highest BCUT2D eigenvalue weighted by molar-refractivity contribution is 9.10. The van der Waals surface area contributed by atoms with Crippen molar-refractivity contribution in [2.75, 3.05) is 6.61 Å². The number of allylic oxidation sites excluding steroid dienone is 2. The molecule has 0 unspecified atom stereocenters. The molecule has 1 aliphatic carbocycles. The summed E-state index contributed by atoms with van der Waals surface area (Å²) < 4.78 is 5.50. The molecule has 2 rings (SSSR count). The molecule has 0 radical (unpaired) electrons. The Morgan fingerprint density at radius 1 is 1.22 bits per heavy atom. The molecular weight excluding hydrogens is 364 g/mol. The first kappa shape index (κ1) is 17.2. The maximum Gasteiger partial charge on any atom is 0.306 e. The van der Waals surface area contributed by atoms with Gasteiger partial charge in [-0.1, -0.05) is 24.3 Å². The van der Waals surface area contributed by atoms with Crippen molar-refractivity contribution in [1.29, 1.82) is 0 Å².